The lowest BCUT2D eigenvalue weighted by Crippen LogP contribution is -2.32. The van der Waals surface area contributed by atoms with Gasteiger partial charge in [0.05, 0.1) is 23.7 Å². The summed E-state index contributed by atoms with van der Waals surface area (Å²) in [6.07, 6.45) is 1.26. The van der Waals surface area contributed by atoms with Crippen molar-refractivity contribution in [3.8, 4) is 5.75 Å². The molecule has 0 saturated carbocycles. The molecule has 2 aliphatic heterocycles. The third-order valence-electron chi connectivity index (χ3n) is 4.70. The van der Waals surface area contributed by atoms with Crippen LogP contribution >= 0.6 is 23.4 Å². The lowest BCUT2D eigenvalue weighted by atomic mass is 10.1. The van der Waals surface area contributed by atoms with E-state index in [1.807, 2.05) is 42.1 Å². The molecular weight excluding hydrogens is 368 g/mol. The van der Waals surface area contributed by atoms with Gasteiger partial charge in [0.1, 0.15) is 5.75 Å². The number of carbonyl (C=O) groups excluding carboxylic acids is 1. The quantitative estimate of drug-likeness (QED) is 0.859. The van der Waals surface area contributed by atoms with Crippen molar-refractivity contribution in [1.29, 1.82) is 0 Å². The van der Waals surface area contributed by atoms with E-state index < -0.39 is 0 Å². The van der Waals surface area contributed by atoms with Crippen molar-refractivity contribution >= 4 is 40.6 Å². The Balaban J connectivity index is 1.40. The highest BCUT2D eigenvalue weighted by molar-refractivity contribution is 7.99. The first-order chi connectivity index (χ1) is 12.7. The SMILES string of the molecule is O=C(Cc1ccc2c(c1)CCO2)Nc1ccc(N2CCSCC2)c(Cl)c1. The molecule has 1 N–H and O–H groups in total. The van der Waals surface area contributed by atoms with E-state index in [4.69, 9.17) is 16.3 Å². The molecule has 2 heterocycles. The molecule has 0 bridgehead atoms. The molecule has 0 spiro atoms. The van der Waals surface area contributed by atoms with Crippen LogP contribution in [0.25, 0.3) is 0 Å². The van der Waals surface area contributed by atoms with Crippen molar-refractivity contribution in [1.82, 2.24) is 0 Å². The molecule has 0 atom stereocenters. The maximum atomic E-state index is 12.4. The molecule has 2 aromatic rings. The van der Waals surface area contributed by atoms with Crippen molar-refractivity contribution in [3.63, 3.8) is 0 Å². The van der Waals surface area contributed by atoms with Gasteiger partial charge in [0, 0.05) is 36.7 Å². The number of halogens is 1. The van der Waals surface area contributed by atoms with Crippen molar-refractivity contribution in [2.24, 2.45) is 0 Å². The normalized spacial score (nSPS) is 16.1. The van der Waals surface area contributed by atoms with Crippen molar-refractivity contribution in [3.05, 3.63) is 52.5 Å². The molecule has 2 aliphatic rings. The third kappa shape index (κ3) is 3.94. The van der Waals surface area contributed by atoms with E-state index in [9.17, 15) is 4.79 Å². The molecule has 136 valence electrons. The number of anilines is 2. The Hall–Kier alpha value is -1.85. The van der Waals surface area contributed by atoms with Gasteiger partial charge in [0.15, 0.2) is 0 Å². The molecular formula is C20H21ClN2O2S. The number of hydrogen-bond donors (Lipinski definition) is 1. The van der Waals surface area contributed by atoms with Gasteiger partial charge >= 0.3 is 0 Å². The van der Waals surface area contributed by atoms with Crippen molar-refractivity contribution < 1.29 is 9.53 Å². The smallest absolute Gasteiger partial charge is 0.228 e. The summed E-state index contributed by atoms with van der Waals surface area (Å²) in [7, 11) is 0. The first-order valence-electron chi connectivity index (χ1n) is 8.86. The van der Waals surface area contributed by atoms with Crippen LogP contribution in [0.4, 0.5) is 11.4 Å². The van der Waals surface area contributed by atoms with E-state index >= 15 is 0 Å². The van der Waals surface area contributed by atoms with E-state index in [-0.39, 0.29) is 5.91 Å². The Morgan fingerprint density at radius 3 is 2.85 bits per heavy atom. The minimum atomic E-state index is -0.0398. The van der Waals surface area contributed by atoms with E-state index in [0.29, 0.717) is 11.4 Å². The van der Waals surface area contributed by atoms with Crippen LogP contribution in [0.3, 0.4) is 0 Å². The monoisotopic (exact) mass is 388 g/mol. The Labute approximate surface area is 162 Å². The van der Waals surface area contributed by atoms with E-state index in [1.165, 1.54) is 5.56 Å². The average Bonchev–Trinajstić information content (AvgIpc) is 3.10. The number of amides is 1. The third-order valence-corrected chi connectivity index (χ3v) is 5.95. The van der Waals surface area contributed by atoms with Crippen molar-refractivity contribution in [2.75, 3.05) is 41.4 Å². The van der Waals surface area contributed by atoms with E-state index in [2.05, 4.69) is 16.3 Å². The van der Waals surface area contributed by atoms with Crippen LogP contribution in [0.1, 0.15) is 11.1 Å². The second kappa shape index (κ2) is 7.80. The molecule has 0 aliphatic carbocycles. The second-order valence-corrected chi connectivity index (χ2v) is 8.16. The maximum absolute atomic E-state index is 12.4. The molecule has 0 radical (unpaired) electrons. The summed E-state index contributed by atoms with van der Waals surface area (Å²) in [6.45, 7) is 2.75. The average molecular weight is 389 g/mol. The number of fused-ring (bicyclic) bond motifs is 1. The van der Waals surface area contributed by atoms with Gasteiger partial charge in [0.25, 0.3) is 0 Å². The molecule has 1 saturated heterocycles. The zero-order valence-electron chi connectivity index (χ0n) is 14.5. The Morgan fingerprint density at radius 2 is 2.04 bits per heavy atom. The van der Waals surface area contributed by atoms with E-state index in [0.717, 1.165) is 60.3 Å². The minimum Gasteiger partial charge on any atom is -0.493 e. The molecule has 2 aromatic carbocycles. The summed E-state index contributed by atoms with van der Waals surface area (Å²) < 4.78 is 5.51. The van der Waals surface area contributed by atoms with Gasteiger partial charge in [-0.1, -0.05) is 23.7 Å². The predicted molar refractivity (Wildman–Crippen MR) is 109 cm³/mol. The molecule has 4 rings (SSSR count). The van der Waals surface area contributed by atoms with Gasteiger partial charge in [-0.2, -0.15) is 11.8 Å². The number of nitrogens with zero attached hydrogens (tertiary/aromatic N) is 1. The minimum absolute atomic E-state index is 0.0398. The predicted octanol–water partition coefficient (Wildman–Crippen LogP) is 4.01. The summed E-state index contributed by atoms with van der Waals surface area (Å²) in [6, 6.07) is 11.7. The van der Waals surface area contributed by atoms with Gasteiger partial charge in [0.2, 0.25) is 5.91 Å². The van der Waals surface area contributed by atoms with Crippen LogP contribution in [0.5, 0.6) is 5.75 Å². The highest BCUT2D eigenvalue weighted by Gasteiger charge is 2.16. The van der Waals surface area contributed by atoms with Crippen LogP contribution in [0, 0.1) is 0 Å². The first kappa shape index (κ1) is 17.6. The second-order valence-electron chi connectivity index (χ2n) is 6.53. The first-order valence-corrected chi connectivity index (χ1v) is 10.4. The number of nitrogens with one attached hydrogen (secondary N) is 1. The standard InChI is InChI=1S/C20H21ClN2O2S/c21-17-13-16(2-3-18(17)23-6-9-26-10-7-23)22-20(24)12-14-1-4-19-15(11-14)5-8-25-19/h1-4,11,13H,5-10,12H2,(H,22,24). The lowest BCUT2D eigenvalue weighted by Gasteiger charge is -2.29. The van der Waals surface area contributed by atoms with Crippen LogP contribution in [-0.2, 0) is 17.6 Å². The number of benzene rings is 2. The van der Waals surface area contributed by atoms with Crippen LogP contribution in [0.15, 0.2) is 36.4 Å². The molecule has 6 heteroatoms. The topological polar surface area (TPSA) is 41.6 Å². The Morgan fingerprint density at radius 1 is 1.19 bits per heavy atom. The number of carbonyl (C=O) groups is 1. The molecule has 1 fully saturated rings. The molecule has 0 unspecified atom stereocenters. The van der Waals surface area contributed by atoms with E-state index in [1.54, 1.807) is 0 Å². The number of thioether (sulfide) groups is 1. The maximum Gasteiger partial charge on any atom is 0.228 e. The fourth-order valence-corrected chi connectivity index (χ4v) is 4.59. The van der Waals surface area contributed by atoms with Crippen molar-refractivity contribution in [2.45, 2.75) is 12.8 Å². The summed E-state index contributed by atoms with van der Waals surface area (Å²) in [5.74, 6) is 3.15. The van der Waals surface area contributed by atoms with Crippen LogP contribution < -0.4 is 15.0 Å². The molecule has 0 aromatic heterocycles. The Kier molecular flexibility index (Phi) is 5.27. The van der Waals surface area contributed by atoms with Gasteiger partial charge in [-0.15, -0.1) is 0 Å². The zero-order chi connectivity index (χ0) is 17.9. The van der Waals surface area contributed by atoms with Gasteiger partial charge in [-0.3, -0.25) is 4.79 Å². The summed E-state index contributed by atoms with van der Waals surface area (Å²) in [4.78, 5) is 14.7. The number of ether oxygens (including phenoxy) is 1. The fraction of sp³-hybridized carbons (Fsp3) is 0.350. The Bertz CT molecular complexity index is 821. The number of hydrogen-bond acceptors (Lipinski definition) is 4. The molecule has 4 nitrogen and oxygen atoms in total. The lowest BCUT2D eigenvalue weighted by molar-refractivity contribution is -0.115. The van der Waals surface area contributed by atoms with Gasteiger partial charge in [-0.05, 0) is 35.4 Å². The molecule has 26 heavy (non-hydrogen) atoms. The van der Waals surface area contributed by atoms with Gasteiger partial charge < -0.3 is 15.0 Å². The highest BCUT2D eigenvalue weighted by Crippen LogP contribution is 2.31. The summed E-state index contributed by atoms with van der Waals surface area (Å²) >= 11 is 8.43. The van der Waals surface area contributed by atoms with Crippen LogP contribution in [0.2, 0.25) is 5.02 Å². The summed E-state index contributed by atoms with van der Waals surface area (Å²) in [5, 5.41) is 3.64. The highest BCUT2D eigenvalue weighted by atomic mass is 35.5. The largest absolute Gasteiger partial charge is 0.493 e. The fourth-order valence-electron chi connectivity index (χ4n) is 3.39. The van der Waals surface area contributed by atoms with Gasteiger partial charge in [-0.25, -0.2) is 0 Å². The summed E-state index contributed by atoms with van der Waals surface area (Å²) in [5.41, 5.74) is 3.96. The number of rotatable bonds is 4. The zero-order valence-corrected chi connectivity index (χ0v) is 16.0. The van der Waals surface area contributed by atoms with Crippen LogP contribution in [-0.4, -0.2) is 37.1 Å². The molecule has 1 amide bonds.